The van der Waals surface area contributed by atoms with Crippen LogP contribution < -0.4 is 0 Å². The van der Waals surface area contributed by atoms with Gasteiger partial charge < -0.3 is 10.2 Å². The summed E-state index contributed by atoms with van der Waals surface area (Å²) < 4.78 is 0. The molecule has 16 heavy (non-hydrogen) atoms. The van der Waals surface area contributed by atoms with Crippen LogP contribution in [0.4, 0.5) is 0 Å². The molecule has 0 radical (unpaired) electrons. The zero-order valence-electron chi connectivity index (χ0n) is 9.77. The van der Waals surface area contributed by atoms with Gasteiger partial charge in [-0.3, -0.25) is 0 Å². The molecule has 0 aliphatic carbocycles. The van der Waals surface area contributed by atoms with Gasteiger partial charge in [0.1, 0.15) is 5.82 Å². The molecule has 0 bridgehead atoms. The van der Waals surface area contributed by atoms with Gasteiger partial charge in [-0.05, 0) is 19.8 Å². The second kappa shape index (κ2) is 8.70. The first-order valence-electron chi connectivity index (χ1n) is 5.40. The molecule has 0 aliphatic heterocycles. The number of H-pyrrole nitrogens is 1. The van der Waals surface area contributed by atoms with Gasteiger partial charge in [-0.1, -0.05) is 26.2 Å². The smallest absolute Gasteiger partial charge is 0.291 e. The quantitative estimate of drug-likeness (QED) is 0.461. The van der Waals surface area contributed by atoms with Crippen LogP contribution in [0.5, 0.6) is 0 Å². The molecule has 0 amide bonds. The molecule has 92 valence electrons. The first-order chi connectivity index (χ1) is 7.56. The number of nitrogens with one attached hydrogen (secondary N) is 1. The summed E-state index contributed by atoms with van der Waals surface area (Å²) in [6, 6.07) is 0. The summed E-state index contributed by atoms with van der Waals surface area (Å²) in [6.45, 7) is 4.23. The molecule has 6 heteroatoms. The number of aromatic nitrogens is 2. The Balaban J connectivity index is 0.000000487. The van der Waals surface area contributed by atoms with Crippen LogP contribution in [0.25, 0.3) is 0 Å². The van der Waals surface area contributed by atoms with Crippen LogP contribution in [0.2, 0.25) is 0 Å². The largest absolute Gasteiger partial charge is 0.346 e. The van der Waals surface area contributed by atoms with Crippen LogP contribution in [-0.4, -0.2) is 20.3 Å². The van der Waals surface area contributed by atoms with Crippen LogP contribution >= 0.6 is 0 Å². The lowest BCUT2D eigenvalue weighted by Gasteiger charge is -1.96. The van der Waals surface area contributed by atoms with E-state index in [-0.39, 0.29) is 0 Å². The number of imidazole rings is 1. The fourth-order valence-corrected chi connectivity index (χ4v) is 1.34. The Kier molecular flexibility index (Phi) is 7.83. The first-order valence-corrected chi connectivity index (χ1v) is 5.40. The summed E-state index contributed by atoms with van der Waals surface area (Å²) >= 11 is 0. The van der Waals surface area contributed by atoms with Crippen molar-refractivity contribution < 1.29 is 10.3 Å². The van der Waals surface area contributed by atoms with Gasteiger partial charge in [0.05, 0.1) is 0 Å². The summed E-state index contributed by atoms with van der Waals surface area (Å²) in [5.41, 5.74) is 1.28. The number of nitrogens with zero attached hydrogens (tertiary/aromatic N) is 2. The second-order valence-electron chi connectivity index (χ2n) is 3.54. The molecule has 0 saturated heterocycles. The highest BCUT2D eigenvalue weighted by atomic mass is 16.9. The van der Waals surface area contributed by atoms with Crippen LogP contribution in [-0.2, 0) is 6.42 Å². The average molecular weight is 229 g/mol. The Hall–Kier alpha value is -1.59. The molecule has 1 rings (SSSR count). The van der Waals surface area contributed by atoms with Crippen molar-refractivity contribution in [3.8, 4) is 0 Å². The van der Waals surface area contributed by atoms with Gasteiger partial charge in [0, 0.05) is 11.9 Å². The third-order valence-electron chi connectivity index (χ3n) is 2.06. The molecule has 0 aliphatic rings. The average Bonchev–Trinajstić information content (AvgIpc) is 2.58. The number of hydrogen-bond acceptors (Lipinski definition) is 3. The van der Waals surface area contributed by atoms with Gasteiger partial charge in [0.15, 0.2) is 0 Å². The highest BCUT2D eigenvalue weighted by Gasteiger charge is 1.95. The zero-order valence-corrected chi connectivity index (χ0v) is 9.77. The Morgan fingerprint density at radius 1 is 1.50 bits per heavy atom. The van der Waals surface area contributed by atoms with E-state index in [4.69, 9.17) is 15.3 Å². The molecule has 6 nitrogen and oxygen atoms in total. The Bertz CT molecular complexity index is 295. The van der Waals surface area contributed by atoms with Gasteiger partial charge in [-0.15, -0.1) is 10.1 Å². The van der Waals surface area contributed by atoms with Crippen LogP contribution in [0.15, 0.2) is 6.20 Å². The maximum Gasteiger partial charge on any atom is 0.291 e. The van der Waals surface area contributed by atoms with E-state index in [1.54, 1.807) is 0 Å². The summed E-state index contributed by atoms with van der Waals surface area (Å²) in [5, 5.41) is 13.6. The standard InChI is InChI=1S/C10H18N2.HNO3/c1-3-4-5-6-7-10-8-11-9(2)12-10;2-1(3)4/h8H,3-7H2,1-2H3,(H,11,12);(H,2,3,4). The van der Waals surface area contributed by atoms with Crippen molar-refractivity contribution in [2.45, 2.75) is 46.0 Å². The molecular formula is C10H19N3O3. The number of aromatic amines is 1. The van der Waals surface area contributed by atoms with Crippen molar-refractivity contribution >= 4 is 0 Å². The van der Waals surface area contributed by atoms with Gasteiger partial charge in [0.25, 0.3) is 5.09 Å². The summed E-state index contributed by atoms with van der Waals surface area (Å²) in [5.74, 6) is 1.03. The number of aryl methyl sites for hydroxylation is 2. The van der Waals surface area contributed by atoms with E-state index in [1.165, 1.54) is 31.4 Å². The van der Waals surface area contributed by atoms with E-state index in [9.17, 15) is 0 Å². The Morgan fingerprint density at radius 2 is 2.12 bits per heavy atom. The monoisotopic (exact) mass is 229 g/mol. The van der Waals surface area contributed by atoms with E-state index >= 15 is 0 Å². The first kappa shape index (κ1) is 14.4. The fraction of sp³-hybridized carbons (Fsp3) is 0.700. The van der Waals surface area contributed by atoms with E-state index in [0.717, 1.165) is 12.2 Å². The molecule has 0 saturated carbocycles. The lowest BCUT2D eigenvalue weighted by molar-refractivity contribution is -0.742. The third-order valence-corrected chi connectivity index (χ3v) is 2.06. The molecule has 2 N–H and O–H groups in total. The molecule has 1 aromatic heterocycles. The highest BCUT2D eigenvalue weighted by molar-refractivity contribution is 4.99. The Morgan fingerprint density at radius 3 is 2.56 bits per heavy atom. The van der Waals surface area contributed by atoms with E-state index in [0.29, 0.717) is 0 Å². The molecule has 0 fully saturated rings. The predicted molar refractivity (Wildman–Crippen MR) is 60.0 cm³/mol. The molecule has 1 aromatic rings. The number of unbranched alkanes of at least 4 members (excludes halogenated alkanes) is 3. The predicted octanol–water partition coefficient (Wildman–Crippen LogP) is 2.49. The van der Waals surface area contributed by atoms with E-state index in [2.05, 4.69) is 16.9 Å². The fourth-order valence-electron chi connectivity index (χ4n) is 1.34. The minimum absolute atomic E-state index is 1.03. The molecule has 0 atom stereocenters. The van der Waals surface area contributed by atoms with Crippen molar-refractivity contribution in [3.63, 3.8) is 0 Å². The van der Waals surface area contributed by atoms with E-state index < -0.39 is 5.09 Å². The molecule has 0 spiro atoms. The van der Waals surface area contributed by atoms with Crippen molar-refractivity contribution in [1.29, 1.82) is 0 Å². The highest BCUT2D eigenvalue weighted by Crippen LogP contribution is 2.05. The summed E-state index contributed by atoms with van der Waals surface area (Å²) in [7, 11) is 0. The van der Waals surface area contributed by atoms with Crippen LogP contribution in [0, 0.1) is 17.0 Å². The van der Waals surface area contributed by atoms with Crippen molar-refractivity contribution in [2.75, 3.05) is 0 Å². The van der Waals surface area contributed by atoms with Gasteiger partial charge in [-0.25, -0.2) is 4.98 Å². The normalized spacial score (nSPS) is 9.38. The van der Waals surface area contributed by atoms with Gasteiger partial charge in [-0.2, -0.15) is 0 Å². The van der Waals surface area contributed by atoms with E-state index in [1.807, 2.05) is 13.1 Å². The van der Waals surface area contributed by atoms with Gasteiger partial charge >= 0.3 is 0 Å². The molecule has 0 unspecified atom stereocenters. The molecule has 0 aromatic carbocycles. The van der Waals surface area contributed by atoms with Gasteiger partial charge in [0.2, 0.25) is 0 Å². The van der Waals surface area contributed by atoms with Crippen molar-refractivity contribution in [2.24, 2.45) is 0 Å². The topological polar surface area (TPSA) is 92.0 Å². The van der Waals surface area contributed by atoms with Crippen molar-refractivity contribution in [1.82, 2.24) is 9.97 Å². The zero-order chi connectivity index (χ0) is 12.4. The maximum absolute atomic E-state index is 8.36. The summed E-state index contributed by atoms with van der Waals surface area (Å²) in [6.07, 6.45) is 8.39. The third kappa shape index (κ3) is 8.98. The lowest BCUT2D eigenvalue weighted by Crippen LogP contribution is -1.85. The molecule has 1 heterocycles. The lowest BCUT2D eigenvalue weighted by atomic mass is 10.1. The Labute approximate surface area is 94.8 Å². The SMILES string of the molecule is CCCCCCc1cnc(C)[nH]1.O=[N+]([O-])O. The minimum atomic E-state index is -1.50. The van der Waals surface area contributed by atoms with Crippen LogP contribution in [0.3, 0.4) is 0 Å². The molecular weight excluding hydrogens is 210 g/mol. The second-order valence-corrected chi connectivity index (χ2v) is 3.54. The number of rotatable bonds is 5. The van der Waals surface area contributed by atoms with Crippen molar-refractivity contribution in [3.05, 3.63) is 27.8 Å². The minimum Gasteiger partial charge on any atom is -0.346 e. The van der Waals surface area contributed by atoms with Crippen LogP contribution in [0.1, 0.15) is 44.1 Å². The maximum atomic E-state index is 8.36. The summed E-state index contributed by atoms with van der Waals surface area (Å²) in [4.78, 5) is 15.8. The number of hydrogen-bond donors (Lipinski definition) is 2.